The van der Waals surface area contributed by atoms with Crippen LogP contribution in [0.3, 0.4) is 0 Å². The summed E-state index contributed by atoms with van der Waals surface area (Å²) in [4.78, 5) is 2.67. The third-order valence-electron chi connectivity index (χ3n) is 4.39. The van der Waals surface area contributed by atoms with Gasteiger partial charge in [0.1, 0.15) is 5.75 Å². The van der Waals surface area contributed by atoms with Gasteiger partial charge < -0.3 is 5.11 Å². The minimum atomic E-state index is 0.406. The van der Waals surface area contributed by atoms with Crippen LogP contribution < -0.4 is 0 Å². The highest BCUT2D eigenvalue weighted by Gasteiger charge is 2.30. The third kappa shape index (κ3) is 3.11. The summed E-state index contributed by atoms with van der Waals surface area (Å²) in [6.45, 7) is 9.29. The molecular formula is C17H27NO. The summed E-state index contributed by atoms with van der Waals surface area (Å²) >= 11 is 0. The van der Waals surface area contributed by atoms with Crippen molar-refractivity contribution in [2.75, 3.05) is 13.1 Å². The maximum absolute atomic E-state index is 9.61. The molecule has 0 fully saturated rings. The van der Waals surface area contributed by atoms with Crippen molar-refractivity contribution >= 4 is 0 Å². The van der Waals surface area contributed by atoms with Crippen LogP contribution in [0.4, 0.5) is 0 Å². The van der Waals surface area contributed by atoms with E-state index in [2.05, 4.69) is 31.7 Å². The molecule has 2 heteroatoms. The first-order valence-corrected chi connectivity index (χ1v) is 7.73. The SMILES string of the molecule is CCCN(CCC)C1CCc2cc(O)ccc2C1C. The van der Waals surface area contributed by atoms with Gasteiger partial charge in [-0.25, -0.2) is 0 Å². The van der Waals surface area contributed by atoms with Crippen LogP contribution in [-0.4, -0.2) is 29.1 Å². The molecule has 0 saturated carbocycles. The van der Waals surface area contributed by atoms with Gasteiger partial charge in [-0.2, -0.15) is 0 Å². The molecule has 2 unspecified atom stereocenters. The molecule has 1 N–H and O–H groups in total. The zero-order chi connectivity index (χ0) is 13.8. The van der Waals surface area contributed by atoms with E-state index < -0.39 is 0 Å². The zero-order valence-electron chi connectivity index (χ0n) is 12.5. The highest BCUT2D eigenvalue weighted by atomic mass is 16.3. The smallest absolute Gasteiger partial charge is 0.115 e. The molecule has 1 aliphatic carbocycles. The minimum absolute atomic E-state index is 0.406. The number of benzene rings is 1. The second-order valence-corrected chi connectivity index (χ2v) is 5.81. The Morgan fingerprint density at radius 2 is 1.89 bits per heavy atom. The van der Waals surface area contributed by atoms with Crippen molar-refractivity contribution in [3.63, 3.8) is 0 Å². The van der Waals surface area contributed by atoms with Gasteiger partial charge >= 0.3 is 0 Å². The van der Waals surface area contributed by atoms with Gasteiger partial charge in [-0.1, -0.05) is 26.8 Å². The minimum Gasteiger partial charge on any atom is -0.508 e. The summed E-state index contributed by atoms with van der Waals surface area (Å²) in [6, 6.07) is 6.57. The molecule has 2 rings (SSSR count). The Labute approximate surface area is 117 Å². The zero-order valence-corrected chi connectivity index (χ0v) is 12.5. The van der Waals surface area contributed by atoms with Gasteiger partial charge in [0.25, 0.3) is 0 Å². The van der Waals surface area contributed by atoms with Crippen molar-refractivity contribution < 1.29 is 5.11 Å². The van der Waals surface area contributed by atoms with Crippen molar-refractivity contribution in [3.8, 4) is 5.75 Å². The lowest BCUT2D eigenvalue weighted by Crippen LogP contribution is -2.42. The van der Waals surface area contributed by atoms with Gasteiger partial charge in [0, 0.05) is 6.04 Å². The second kappa shape index (κ2) is 6.42. The summed E-state index contributed by atoms with van der Waals surface area (Å²) in [7, 11) is 0. The van der Waals surface area contributed by atoms with Crippen molar-refractivity contribution in [2.24, 2.45) is 0 Å². The van der Waals surface area contributed by atoms with E-state index in [1.54, 1.807) is 0 Å². The molecule has 0 spiro atoms. The van der Waals surface area contributed by atoms with Crippen molar-refractivity contribution in [1.82, 2.24) is 4.90 Å². The number of phenolic OH excluding ortho intramolecular Hbond substituents is 1. The van der Waals surface area contributed by atoms with Crippen molar-refractivity contribution in [1.29, 1.82) is 0 Å². The van der Waals surface area contributed by atoms with Crippen molar-refractivity contribution in [2.45, 2.75) is 58.4 Å². The second-order valence-electron chi connectivity index (χ2n) is 5.81. The van der Waals surface area contributed by atoms with Crippen LogP contribution in [0.5, 0.6) is 5.75 Å². The summed E-state index contributed by atoms with van der Waals surface area (Å²) in [5.74, 6) is 0.978. The average Bonchev–Trinajstić information content (AvgIpc) is 2.39. The first-order chi connectivity index (χ1) is 9.17. The predicted molar refractivity (Wildman–Crippen MR) is 80.8 cm³/mol. The van der Waals surface area contributed by atoms with E-state index in [-0.39, 0.29) is 0 Å². The lowest BCUT2D eigenvalue weighted by molar-refractivity contribution is 0.159. The lowest BCUT2D eigenvalue weighted by atomic mass is 9.79. The van der Waals surface area contributed by atoms with Crippen LogP contribution in [0.2, 0.25) is 0 Å². The Bertz CT molecular complexity index is 410. The molecule has 19 heavy (non-hydrogen) atoms. The third-order valence-corrected chi connectivity index (χ3v) is 4.39. The fraction of sp³-hybridized carbons (Fsp3) is 0.647. The molecule has 1 aromatic rings. The molecular weight excluding hydrogens is 234 g/mol. The monoisotopic (exact) mass is 261 g/mol. The fourth-order valence-electron chi connectivity index (χ4n) is 3.53. The highest BCUT2D eigenvalue weighted by molar-refractivity contribution is 5.39. The number of hydrogen-bond acceptors (Lipinski definition) is 2. The number of fused-ring (bicyclic) bond motifs is 1. The molecule has 1 aromatic carbocycles. The number of aromatic hydroxyl groups is 1. The van der Waals surface area contributed by atoms with E-state index in [0.29, 0.717) is 17.7 Å². The number of nitrogens with zero attached hydrogens (tertiary/aromatic N) is 1. The van der Waals surface area contributed by atoms with E-state index in [1.807, 2.05) is 12.1 Å². The highest BCUT2D eigenvalue weighted by Crippen LogP contribution is 2.36. The molecule has 0 saturated heterocycles. The Hall–Kier alpha value is -1.02. The van der Waals surface area contributed by atoms with Gasteiger partial charge in [0.15, 0.2) is 0 Å². The normalized spacial score (nSPS) is 22.5. The van der Waals surface area contributed by atoms with Crippen LogP contribution in [0.1, 0.15) is 57.1 Å². The maximum atomic E-state index is 9.61. The lowest BCUT2D eigenvalue weighted by Gasteiger charge is -2.39. The van der Waals surface area contributed by atoms with Crippen LogP contribution in [0.25, 0.3) is 0 Å². The quantitative estimate of drug-likeness (QED) is 0.868. The van der Waals surface area contributed by atoms with Gasteiger partial charge in [0.2, 0.25) is 0 Å². The Morgan fingerprint density at radius 1 is 1.21 bits per heavy atom. The molecule has 106 valence electrons. The van der Waals surface area contributed by atoms with Crippen LogP contribution >= 0.6 is 0 Å². The van der Waals surface area contributed by atoms with Crippen LogP contribution in [-0.2, 0) is 6.42 Å². The number of phenols is 1. The van der Waals surface area contributed by atoms with E-state index in [1.165, 1.54) is 43.5 Å². The molecule has 0 heterocycles. The van der Waals surface area contributed by atoms with E-state index in [0.717, 1.165) is 6.42 Å². The molecule has 2 nitrogen and oxygen atoms in total. The van der Waals surface area contributed by atoms with Gasteiger partial charge in [-0.15, -0.1) is 0 Å². The predicted octanol–water partition coefficient (Wildman–Crippen LogP) is 3.93. The molecule has 2 atom stereocenters. The Morgan fingerprint density at radius 3 is 2.53 bits per heavy atom. The van der Waals surface area contributed by atoms with E-state index in [4.69, 9.17) is 0 Å². The Kier molecular flexibility index (Phi) is 4.87. The summed E-state index contributed by atoms with van der Waals surface area (Å²) < 4.78 is 0. The van der Waals surface area contributed by atoms with Gasteiger partial charge in [0.05, 0.1) is 0 Å². The summed E-state index contributed by atoms with van der Waals surface area (Å²) in [6.07, 6.45) is 4.78. The van der Waals surface area contributed by atoms with Gasteiger partial charge in [-0.05, 0) is 68.0 Å². The molecule has 1 aliphatic rings. The van der Waals surface area contributed by atoms with Crippen molar-refractivity contribution in [3.05, 3.63) is 29.3 Å². The summed E-state index contributed by atoms with van der Waals surface area (Å²) in [5.41, 5.74) is 2.78. The first kappa shape index (κ1) is 14.4. The largest absolute Gasteiger partial charge is 0.508 e. The number of aryl methyl sites for hydroxylation is 1. The molecule has 0 bridgehead atoms. The Balaban J connectivity index is 2.19. The van der Waals surface area contributed by atoms with Crippen LogP contribution in [0, 0.1) is 0 Å². The standard InChI is InChI=1S/C17H27NO/c1-4-10-18(11-5-2)17-9-6-14-12-15(19)7-8-16(14)13(17)3/h7-8,12-13,17,19H,4-6,9-11H2,1-3H3. The van der Waals surface area contributed by atoms with Gasteiger partial charge in [-0.3, -0.25) is 4.90 Å². The molecule has 0 aromatic heterocycles. The fourth-order valence-corrected chi connectivity index (χ4v) is 3.53. The number of hydrogen-bond donors (Lipinski definition) is 1. The first-order valence-electron chi connectivity index (χ1n) is 7.73. The maximum Gasteiger partial charge on any atom is 0.115 e. The summed E-state index contributed by atoms with van der Waals surface area (Å²) in [5, 5.41) is 9.61. The van der Waals surface area contributed by atoms with E-state index in [9.17, 15) is 5.11 Å². The molecule has 0 amide bonds. The van der Waals surface area contributed by atoms with E-state index >= 15 is 0 Å². The molecule has 0 aliphatic heterocycles. The topological polar surface area (TPSA) is 23.5 Å². The van der Waals surface area contributed by atoms with Crippen LogP contribution in [0.15, 0.2) is 18.2 Å². The number of rotatable bonds is 5. The average molecular weight is 261 g/mol. The molecule has 0 radical (unpaired) electrons.